The molecular formula is C16H15N3O2. The Bertz CT molecular complexity index is 808. The lowest BCUT2D eigenvalue weighted by Gasteiger charge is -2.08. The minimum absolute atomic E-state index is 0.0279. The summed E-state index contributed by atoms with van der Waals surface area (Å²) in [5.74, 6) is 0.646. The van der Waals surface area contributed by atoms with E-state index in [2.05, 4.69) is 15.2 Å². The topological polar surface area (TPSA) is 67.9 Å². The molecule has 0 saturated carbocycles. The molecule has 0 aliphatic carbocycles. The van der Waals surface area contributed by atoms with Crippen LogP contribution in [-0.4, -0.2) is 28.1 Å². The van der Waals surface area contributed by atoms with Gasteiger partial charge in [-0.3, -0.25) is 14.9 Å². The number of hydrogen-bond donors (Lipinski definition) is 1. The summed E-state index contributed by atoms with van der Waals surface area (Å²) >= 11 is 0. The van der Waals surface area contributed by atoms with Gasteiger partial charge in [0.05, 0.1) is 18.8 Å². The van der Waals surface area contributed by atoms with Gasteiger partial charge in [-0.15, -0.1) is 0 Å². The van der Waals surface area contributed by atoms with Crippen LogP contribution in [0.5, 0.6) is 5.75 Å². The van der Waals surface area contributed by atoms with Gasteiger partial charge in [0.1, 0.15) is 11.4 Å². The van der Waals surface area contributed by atoms with E-state index in [1.165, 1.54) is 0 Å². The van der Waals surface area contributed by atoms with Gasteiger partial charge >= 0.3 is 0 Å². The second kappa shape index (κ2) is 5.36. The SMILES string of the molecule is COc1cc2[nH]ncc2cc1CC(=O)c1cccc(C)n1. The molecule has 3 aromatic rings. The lowest BCUT2D eigenvalue weighted by Crippen LogP contribution is -2.07. The van der Waals surface area contributed by atoms with E-state index in [1.54, 1.807) is 19.4 Å². The summed E-state index contributed by atoms with van der Waals surface area (Å²) in [5, 5.41) is 7.83. The summed E-state index contributed by atoms with van der Waals surface area (Å²) in [6.07, 6.45) is 1.98. The highest BCUT2D eigenvalue weighted by Crippen LogP contribution is 2.25. The van der Waals surface area contributed by atoms with Crippen molar-refractivity contribution in [2.24, 2.45) is 0 Å². The highest BCUT2D eigenvalue weighted by atomic mass is 16.5. The number of ether oxygens (including phenoxy) is 1. The molecule has 0 fully saturated rings. The van der Waals surface area contributed by atoms with Gasteiger partial charge in [-0.25, -0.2) is 0 Å². The molecule has 5 heteroatoms. The average Bonchev–Trinajstić information content (AvgIpc) is 2.93. The average molecular weight is 281 g/mol. The number of methoxy groups -OCH3 is 1. The fourth-order valence-electron chi connectivity index (χ4n) is 2.31. The third-order valence-electron chi connectivity index (χ3n) is 3.37. The smallest absolute Gasteiger partial charge is 0.185 e. The molecule has 0 bridgehead atoms. The van der Waals surface area contributed by atoms with Crippen LogP contribution in [0.1, 0.15) is 21.7 Å². The molecule has 0 spiro atoms. The normalized spacial score (nSPS) is 10.8. The molecule has 2 heterocycles. The van der Waals surface area contributed by atoms with Crippen LogP contribution < -0.4 is 4.74 Å². The molecule has 3 rings (SSSR count). The monoisotopic (exact) mass is 281 g/mol. The predicted octanol–water partition coefficient (Wildman–Crippen LogP) is 2.70. The predicted molar refractivity (Wildman–Crippen MR) is 79.7 cm³/mol. The molecule has 1 aromatic carbocycles. The Kier molecular flexibility index (Phi) is 3.39. The Hall–Kier alpha value is -2.69. The number of fused-ring (bicyclic) bond motifs is 1. The zero-order valence-electron chi connectivity index (χ0n) is 11.9. The van der Waals surface area contributed by atoms with Crippen molar-refractivity contribution in [1.29, 1.82) is 0 Å². The van der Waals surface area contributed by atoms with Gasteiger partial charge in [-0.2, -0.15) is 5.10 Å². The van der Waals surface area contributed by atoms with Gasteiger partial charge in [0.15, 0.2) is 5.78 Å². The van der Waals surface area contributed by atoms with E-state index >= 15 is 0 Å². The van der Waals surface area contributed by atoms with E-state index in [-0.39, 0.29) is 12.2 Å². The van der Waals surface area contributed by atoms with E-state index in [0.717, 1.165) is 22.2 Å². The lowest BCUT2D eigenvalue weighted by atomic mass is 10.0. The number of aromatic amines is 1. The van der Waals surface area contributed by atoms with Crippen LogP contribution in [-0.2, 0) is 6.42 Å². The summed E-state index contributed by atoms with van der Waals surface area (Å²) in [6.45, 7) is 1.87. The number of H-pyrrole nitrogens is 1. The van der Waals surface area contributed by atoms with Crippen LogP contribution >= 0.6 is 0 Å². The highest BCUT2D eigenvalue weighted by Gasteiger charge is 2.14. The molecule has 106 valence electrons. The number of carbonyl (C=O) groups is 1. The fourth-order valence-corrected chi connectivity index (χ4v) is 2.31. The van der Waals surface area contributed by atoms with Gasteiger partial charge in [0, 0.05) is 29.1 Å². The quantitative estimate of drug-likeness (QED) is 0.747. The van der Waals surface area contributed by atoms with Gasteiger partial charge in [0.25, 0.3) is 0 Å². The Morgan fingerprint density at radius 1 is 1.33 bits per heavy atom. The minimum Gasteiger partial charge on any atom is -0.496 e. The number of nitrogens with one attached hydrogen (secondary N) is 1. The van der Waals surface area contributed by atoms with Crippen molar-refractivity contribution in [2.75, 3.05) is 7.11 Å². The molecule has 0 atom stereocenters. The molecule has 2 aromatic heterocycles. The van der Waals surface area contributed by atoms with E-state index in [0.29, 0.717) is 11.4 Å². The molecule has 0 aliphatic rings. The third kappa shape index (κ3) is 2.63. The lowest BCUT2D eigenvalue weighted by molar-refractivity contribution is 0.0987. The Balaban J connectivity index is 1.95. The van der Waals surface area contributed by atoms with E-state index in [4.69, 9.17) is 4.74 Å². The number of hydrogen-bond acceptors (Lipinski definition) is 4. The van der Waals surface area contributed by atoms with Gasteiger partial charge in [-0.05, 0) is 25.1 Å². The van der Waals surface area contributed by atoms with Crippen molar-refractivity contribution >= 4 is 16.7 Å². The molecule has 0 amide bonds. The number of benzene rings is 1. The highest BCUT2D eigenvalue weighted by molar-refractivity contribution is 5.97. The molecule has 1 N–H and O–H groups in total. The van der Waals surface area contributed by atoms with Crippen LogP contribution in [0.3, 0.4) is 0 Å². The van der Waals surface area contributed by atoms with E-state index in [9.17, 15) is 4.79 Å². The van der Waals surface area contributed by atoms with Crippen molar-refractivity contribution in [3.63, 3.8) is 0 Å². The first-order chi connectivity index (χ1) is 10.2. The second-order valence-electron chi connectivity index (χ2n) is 4.89. The summed E-state index contributed by atoms with van der Waals surface area (Å²) in [4.78, 5) is 16.6. The number of aryl methyl sites for hydroxylation is 1. The third-order valence-corrected chi connectivity index (χ3v) is 3.37. The zero-order valence-corrected chi connectivity index (χ0v) is 11.9. The molecule has 5 nitrogen and oxygen atoms in total. The van der Waals surface area contributed by atoms with Crippen LogP contribution in [0.25, 0.3) is 10.9 Å². The number of nitrogens with zero attached hydrogens (tertiary/aromatic N) is 2. The first-order valence-electron chi connectivity index (χ1n) is 6.64. The van der Waals surface area contributed by atoms with E-state index in [1.807, 2.05) is 31.2 Å². The molecule has 0 aliphatic heterocycles. The molecule has 21 heavy (non-hydrogen) atoms. The minimum atomic E-state index is -0.0279. The molecule has 0 saturated heterocycles. The number of aromatic nitrogens is 3. The Morgan fingerprint density at radius 3 is 2.95 bits per heavy atom. The van der Waals surface area contributed by atoms with Crippen LogP contribution in [0, 0.1) is 6.92 Å². The van der Waals surface area contributed by atoms with E-state index < -0.39 is 0 Å². The maximum atomic E-state index is 12.4. The summed E-state index contributed by atoms with van der Waals surface area (Å²) in [5.41, 5.74) is 3.03. The number of carbonyl (C=O) groups excluding carboxylic acids is 1. The summed E-state index contributed by atoms with van der Waals surface area (Å²) in [7, 11) is 1.59. The first kappa shape index (κ1) is 13.3. The summed E-state index contributed by atoms with van der Waals surface area (Å²) in [6, 6.07) is 9.22. The first-order valence-corrected chi connectivity index (χ1v) is 6.64. The number of pyridine rings is 1. The summed E-state index contributed by atoms with van der Waals surface area (Å²) < 4.78 is 5.36. The second-order valence-corrected chi connectivity index (χ2v) is 4.89. The molecular weight excluding hydrogens is 266 g/mol. The largest absolute Gasteiger partial charge is 0.496 e. The zero-order chi connectivity index (χ0) is 14.8. The Labute approximate surface area is 122 Å². The standard InChI is InChI=1S/C16H15N3O2/c1-10-4-3-5-13(18-10)15(20)7-11-6-12-9-17-19-14(12)8-16(11)21-2/h3-6,8-9H,7H2,1-2H3,(H,17,19). The van der Waals surface area contributed by atoms with Crippen molar-refractivity contribution in [1.82, 2.24) is 15.2 Å². The number of ketones is 1. The van der Waals surface area contributed by atoms with Crippen LogP contribution in [0.15, 0.2) is 36.5 Å². The van der Waals surface area contributed by atoms with Crippen molar-refractivity contribution in [2.45, 2.75) is 13.3 Å². The fraction of sp³-hybridized carbons (Fsp3) is 0.188. The van der Waals surface area contributed by atoms with Crippen LogP contribution in [0.2, 0.25) is 0 Å². The maximum absolute atomic E-state index is 12.4. The van der Waals surface area contributed by atoms with Crippen LogP contribution in [0.4, 0.5) is 0 Å². The maximum Gasteiger partial charge on any atom is 0.185 e. The van der Waals surface area contributed by atoms with Crippen molar-refractivity contribution < 1.29 is 9.53 Å². The molecule has 0 radical (unpaired) electrons. The van der Waals surface area contributed by atoms with Gasteiger partial charge < -0.3 is 4.74 Å². The van der Waals surface area contributed by atoms with Gasteiger partial charge in [-0.1, -0.05) is 6.07 Å². The van der Waals surface area contributed by atoms with Gasteiger partial charge in [0.2, 0.25) is 0 Å². The van der Waals surface area contributed by atoms with Crippen molar-refractivity contribution in [3.05, 3.63) is 53.5 Å². The Morgan fingerprint density at radius 2 is 2.19 bits per heavy atom. The molecule has 0 unspecified atom stereocenters. The number of rotatable bonds is 4. The number of Topliss-reactive ketones (excluding diaryl/α,β-unsaturated/α-hetero) is 1. The van der Waals surface area contributed by atoms with Crippen molar-refractivity contribution in [3.8, 4) is 5.75 Å².